The lowest BCUT2D eigenvalue weighted by Gasteiger charge is -2.71. The maximum atomic E-state index is 4.09. The zero-order valence-electron chi connectivity index (χ0n) is 49.3. The summed E-state index contributed by atoms with van der Waals surface area (Å²) in [6.45, 7) is 46.0. The van der Waals surface area contributed by atoms with Gasteiger partial charge in [-0.25, -0.2) is 0 Å². The topological polar surface area (TPSA) is 22.7 Å². The lowest BCUT2D eigenvalue weighted by molar-refractivity contribution is 0.209. The third-order valence-corrected chi connectivity index (χ3v) is 40.6. The van der Waals surface area contributed by atoms with Gasteiger partial charge in [-0.15, -0.1) is 0 Å². The molecule has 0 N–H and O–H groups in total. The van der Waals surface area contributed by atoms with Crippen LogP contribution in [0.4, 0.5) is 0 Å². The van der Waals surface area contributed by atoms with Gasteiger partial charge in [0.15, 0.2) is 0 Å². The molecule has 0 spiro atoms. The number of nitrogens with zero attached hydrogens (tertiary/aromatic N) is 7. The molecule has 0 aliphatic heterocycles. The van der Waals surface area contributed by atoms with E-state index in [0.29, 0.717) is 0 Å². The van der Waals surface area contributed by atoms with Gasteiger partial charge in [0, 0.05) is 30.7 Å². The van der Waals surface area contributed by atoms with E-state index in [0.717, 1.165) is 0 Å². The fourth-order valence-electron chi connectivity index (χ4n) is 11.6. The average Bonchev–Trinajstić information content (AvgIpc) is 3.33. The highest BCUT2D eigenvalue weighted by atomic mass is 28.5. The van der Waals surface area contributed by atoms with Crippen LogP contribution in [0.25, 0.3) is 0 Å². The molecule has 0 unspecified atom stereocenters. The minimum atomic E-state index is -2.72. The van der Waals surface area contributed by atoms with Crippen LogP contribution in [0.2, 0.25) is 36.3 Å². The third-order valence-electron chi connectivity index (χ3n) is 15.2. The quantitative estimate of drug-likeness (QED) is 0.0559. The molecule has 0 aromatic carbocycles. The van der Waals surface area contributed by atoms with Crippen molar-refractivity contribution in [2.24, 2.45) is 0 Å². The highest BCUT2D eigenvalue weighted by Crippen LogP contribution is 2.46. The van der Waals surface area contributed by atoms with Gasteiger partial charge in [-0.05, 0) is 174 Å². The number of rotatable bonds is 51. The van der Waals surface area contributed by atoms with Crippen LogP contribution in [0, 0.1) is 0 Å². The minimum absolute atomic E-state index is 1.30. The Morgan fingerprint density at radius 1 is 0.224 bits per heavy atom. The van der Waals surface area contributed by atoms with Gasteiger partial charge in [0.1, 0.15) is 0 Å². The Labute approximate surface area is 437 Å². The van der Waals surface area contributed by atoms with Gasteiger partial charge in [0.05, 0.1) is 0 Å². The molecule has 0 aliphatic rings. The van der Waals surface area contributed by atoms with Gasteiger partial charge in [0.25, 0.3) is 25.7 Å². The van der Waals surface area contributed by atoms with Crippen molar-refractivity contribution in [1.29, 1.82) is 0 Å². The monoisotopic (exact) mass is 1040 g/mol. The molecule has 0 radical (unpaired) electrons. The predicted octanol–water partition coefficient (Wildman–Crippen LogP) is 11.9. The molecule has 0 aromatic rings. The Balaban J connectivity index is 10.9. The summed E-state index contributed by atoms with van der Waals surface area (Å²) in [7, 11) is -4.26. The number of unbranched alkanes of at least 4 members (excludes halogenated alkanes) is 12. The van der Waals surface area contributed by atoms with E-state index in [-0.39, 0.29) is 0 Å². The Morgan fingerprint density at radius 3 is 0.433 bits per heavy atom. The van der Waals surface area contributed by atoms with Gasteiger partial charge < -0.3 is 27.4 Å². The Bertz CT molecular complexity index is 845. The van der Waals surface area contributed by atoms with Crippen molar-refractivity contribution < 1.29 is 0 Å². The van der Waals surface area contributed by atoms with E-state index in [1.54, 1.807) is 0 Å². The van der Waals surface area contributed by atoms with Crippen molar-refractivity contribution >= 4 is 56.4 Å². The first-order chi connectivity index (χ1) is 32.7. The van der Waals surface area contributed by atoms with Crippen molar-refractivity contribution in [3.05, 3.63) is 0 Å². The van der Waals surface area contributed by atoms with E-state index in [9.17, 15) is 0 Å². The zero-order chi connectivity index (χ0) is 50.2. The molecule has 0 amide bonds. The average molecular weight is 1050 g/mol. The SMILES string of the molecule is CCCCN(CCCC)[Si](CC[SiH3])(N(CCCC)CCCC)N([Si](CC[SiH3])(N(CCCC)CCCC)N(CCCC)CCCC)[Si](CC[SiH3])(N(CCCC)CCCC)N(CCCC)CCCC. The van der Waals surface area contributed by atoms with E-state index in [1.807, 2.05) is 0 Å². The summed E-state index contributed by atoms with van der Waals surface area (Å²) in [5.74, 6) is 0. The minimum Gasteiger partial charge on any atom is -0.300 e. The van der Waals surface area contributed by atoms with Gasteiger partial charge >= 0.3 is 0 Å². The second-order valence-electron chi connectivity index (χ2n) is 21.1. The van der Waals surface area contributed by atoms with Crippen LogP contribution >= 0.6 is 0 Å². The second kappa shape index (κ2) is 43.4. The highest BCUT2D eigenvalue weighted by molar-refractivity contribution is 7.02. The molecule has 404 valence electrons. The molecule has 67 heavy (non-hydrogen) atoms. The van der Waals surface area contributed by atoms with E-state index in [1.165, 1.54) is 300 Å². The van der Waals surface area contributed by atoms with Crippen molar-refractivity contribution in [3.63, 3.8) is 0 Å². The van der Waals surface area contributed by atoms with E-state index >= 15 is 0 Å². The summed E-state index contributed by atoms with van der Waals surface area (Å²) in [5.41, 5.74) is 0. The summed E-state index contributed by atoms with van der Waals surface area (Å²) < 4.78 is 25.1. The Kier molecular flexibility index (Phi) is 44.1. The summed E-state index contributed by atoms with van der Waals surface area (Å²) in [6, 6.07) is 8.77. The fraction of sp³-hybridized carbons (Fsp3) is 1.00. The maximum absolute atomic E-state index is 4.09. The van der Waals surface area contributed by atoms with Crippen LogP contribution < -0.4 is 0 Å². The molecule has 13 heteroatoms. The smallest absolute Gasteiger partial charge is 0.279 e. The van der Waals surface area contributed by atoms with E-state index < -0.39 is 25.7 Å². The molecule has 0 heterocycles. The predicted molar refractivity (Wildman–Crippen MR) is 326 cm³/mol. The van der Waals surface area contributed by atoms with Gasteiger partial charge in [-0.1, -0.05) is 178 Å². The lowest BCUT2D eigenvalue weighted by atomic mass is 10.3. The number of hydrogen-bond acceptors (Lipinski definition) is 7. The molecule has 0 fully saturated rings. The van der Waals surface area contributed by atoms with Crippen molar-refractivity contribution in [2.45, 2.75) is 273 Å². The first-order valence-corrected chi connectivity index (χ1v) is 41.4. The first kappa shape index (κ1) is 68.0. The summed E-state index contributed by atoms with van der Waals surface area (Å²) >= 11 is 0. The summed E-state index contributed by atoms with van der Waals surface area (Å²) in [5, 5.41) is 0. The van der Waals surface area contributed by atoms with Crippen molar-refractivity contribution in [1.82, 2.24) is 31.3 Å². The fourth-order valence-corrected chi connectivity index (χ4v) is 45.3. The second-order valence-corrected chi connectivity index (χ2v) is 36.7. The molecule has 0 bridgehead atoms. The summed E-state index contributed by atoms with van der Waals surface area (Å²) in [4.78, 5) is 0. The van der Waals surface area contributed by atoms with Crippen LogP contribution in [-0.2, 0) is 0 Å². The third kappa shape index (κ3) is 21.4. The molecule has 0 rings (SSSR count). The van der Waals surface area contributed by atoms with Gasteiger partial charge in [-0.2, -0.15) is 0 Å². The lowest BCUT2D eigenvalue weighted by Crippen LogP contribution is -2.97. The van der Waals surface area contributed by atoms with E-state index in [2.05, 4.69) is 114 Å². The Morgan fingerprint density at radius 2 is 0.343 bits per heavy atom. The molecule has 0 aromatic heterocycles. The van der Waals surface area contributed by atoms with Crippen LogP contribution in [0.3, 0.4) is 0 Å². The maximum Gasteiger partial charge on any atom is 0.279 e. The molecule has 0 aliphatic carbocycles. The largest absolute Gasteiger partial charge is 0.300 e. The van der Waals surface area contributed by atoms with Crippen molar-refractivity contribution in [3.8, 4) is 0 Å². The molecule has 0 saturated heterocycles. The first-order valence-electron chi connectivity index (χ1n) is 31.0. The molecular weight excluding hydrogens is 915 g/mol. The number of hydrogen-bond donors (Lipinski definition) is 0. The molecular formula is C54H129N7Si6. The molecule has 7 nitrogen and oxygen atoms in total. The van der Waals surface area contributed by atoms with Crippen molar-refractivity contribution in [2.75, 3.05) is 78.5 Å². The van der Waals surface area contributed by atoms with Crippen LogP contribution in [-0.4, -0.2) is 166 Å². The normalized spacial score (nSPS) is 13.3. The van der Waals surface area contributed by atoms with Crippen LogP contribution in [0.15, 0.2) is 0 Å². The Hall–Kier alpha value is 1.02. The zero-order valence-corrected chi connectivity index (χ0v) is 58.3. The van der Waals surface area contributed by atoms with Gasteiger partial charge in [0.2, 0.25) is 0 Å². The summed E-state index contributed by atoms with van der Waals surface area (Å²) in [6.07, 6.45) is 31.9. The standard InChI is InChI=1S/C54H129N7Si6/c1-13-25-37-55(38-26-14-2)65(52-49-62,56(39-27-15-3)40-28-16-4)61(66(53-50-63,57(41-29-17-5)42-30-18-6)58(43-31-19-7)44-32-20-8)67(54-51-64,59(45-33-21-9)46-34-22-10)60(47-35-23-11)48-36-24-12/h13-54H2,1-12,62-64H3. The molecule has 0 atom stereocenters. The highest BCUT2D eigenvalue weighted by Gasteiger charge is 2.70. The van der Waals surface area contributed by atoms with E-state index in [4.69, 9.17) is 0 Å². The van der Waals surface area contributed by atoms with Crippen LogP contribution in [0.1, 0.15) is 237 Å². The molecule has 0 saturated carbocycles. The van der Waals surface area contributed by atoms with Crippen LogP contribution in [0.5, 0.6) is 0 Å². The van der Waals surface area contributed by atoms with Gasteiger partial charge in [-0.3, -0.25) is 3.90 Å².